The molecule has 1 N–H and O–H groups in total. The summed E-state index contributed by atoms with van der Waals surface area (Å²) < 4.78 is 0. The summed E-state index contributed by atoms with van der Waals surface area (Å²) in [6.07, 6.45) is -2.06. The molecule has 0 amide bonds. The van der Waals surface area contributed by atoms with Crippen molar-refractivity contribution in [1.82, 2.24) is 4.86 Å². The van der Waals surface area contributed by atoms with Crippen molar-refractivity contribution in [1.29, 1.82) is 5.26 Å². The number of nitriles is 1. The molecule has 0 heterocycles. The van der Waals surface area contributed by atoms with E-state index in [0.29, 0.717) is 5.32 Å². The van der Waals surface area contributed by atoms with Gasteiger partial charge in [-0.3, -0.25) is 0 Å². The van der Waals surface area contributed by atoms with E-state index in [9.17, 15) is 5.26 Å². The second-order valence-corrected chi connectivity index (χ2v) is 21.8. The van der Waals surface area contributed by atoms with Gasteiger partial charge in [-0.05, 0) is 0 Å². The average Bonchev–Trinajstić information content (AvgIpc) is 2.88. The first kappa shape index (κ1) is 23.4. The van der Waals surface area contributed by atoms with Gasteiger partial charge >= 0.3 is 205 Å². The molecule has 0 bridgehead atoms. The van der Waals surface area contributed by atoms with Gasteiger partial charge in [0.2, 0.25) is 0 Å². The van der Waals surface area contributed by atoms with Crippen LogP contribution in [0.1, 0.15) is 0 Å². The van der Waals surface area contributed by atoms with Gasteiger partial charge in [0.15, 0.2) is 0 Å². The third-order valence-corrected chi connectivity index (χ3v) is 23.9. The van der Waals surface area contributed by atoms with Crippen molar-refractivity contribution in [2.75, 3.05) is 0 Å². The molecule has 0 spiro atoms. The van der Waals surface area contributed by atoms with Crippen LogP contribution < -0.4 is 26.1 Å². The molecule has 0 saturated carbocycles. The fourth-order valence-corrected chi connectivity index (χ4v) is 25.4. The topological polar surface area (TPSA) is 35.8 Å². The predicted molar refractivity (Wildman–Crippen MR) is 143 cm³/mol. The molecule has 0 radical (unpaired) electrons. The van der Waals surface area contributed by atoms with Gasteiger partial charge < -0.3 is 0 Å². The van der Waals surface area contributed by atoms with Gasteiger partial charge in [-0.2, -0.15) is 0 Å². The second-order valence-electron chi connectivity index (χ2n) is 7.09. The molecule has 0 unspecified atom stereocenters. The second kappa shape index (κ2) is 10.9. The minimum absolute atomic E-state index is 0.0586. The quantitative estimate of drug-likeness (QED) is 0.247. The van der Waals surface area contributed by atoms with E-state index in [1.165, 1.54) is 21.2 Å². The van der Waals surface area contributed by atoms with Gasteiger partial charge in [0.05, 0.1) is 0 Å². The molecule has 4 rings (SSSR count). The van der Waals surface area contributed by atoms with E-state index in [1.807, 2.05) is 0 Å². The summed E-state index contributed by atoms with van der Waals surface area (Å²) in [4.78, 5) is 4.29. The average molecular weight is 583 g/mol. The molecule has 158 valence electrons. The summed E-state index contributed by atoms with van der Waals surface area (Å²) in [5.41, 5.74) is -2.09. The van der Waals surface area contributed by atoms with Crippen molar-refractivity contribution in [2.24, 2.45) is 0 Å². The van der Waals surface area contributed by atoms with Gasteiger partial charge in [0.1, 0.15) is 0 Å². The van der Waals surface area contributed by atoms with Crippen molar-refractivity contribution in [3.8, 4) is 6.07 Å². The van der Waals surface area contributed by atoms with Crippen LogP contribution in [-0.4, -0.2) is 29.6 Å². The van der Waals surface area contributed by atoms with Crippen LogP contribution >= 0.6 is 11.8 Å². The predicted octanol–water partition coefficient (Wildman–Crippen LogP) is 4.39. The maximum atomic E-state index is 9.61. The Morgan fingerprint density at radius 2 is 1.06 bits per heavy atom. The molecule has 0 atom stereocenters. The minimum atomic E-state index is -2.09. The van der Waals surface area contributed by atoms with E-state index in [0.717, 1.165) is 0 Å². The molecule has 0 aliphatic carbocycles. The van der Waals surface area contributed by atoms with Crippen molar-refractivity contribution in [2.45, 2.75) is 5.32 Å². The summed E-state index contributed by atoms with van der Waals surface area (Å²) in [6, 6.07) is 45.4. The van der Waals surface area contributed by atoms with E-state index in [-0.39, 0.29) is 14.5 Å². The van der Waals surface area contributed by atoms with Crippen molar-refractivity contribution < 1.29 is 0 Å². The standard InChI is InChI=1S/C26H23N2P2Se2/c27-21-22-32-30(25-17-9-3-10-18-25,26-19-11-4-12-20-26)28-29(31,23-13-5-1-6-14-23)24-15-7-2-8-16-24/h1-20H,22H2,(H,28,31)/q+1. The Labute approximate surface area is 204 Å². The molecule has 4 aromatic carbocycles. The van der Waals surface area contributed by atoms with Crippen LogP contribution in [0.5, 0.6) is 0 Å². The van der Waals surface area contributed by atoms with Crippen LogP contribution in [0.3, 0.4) is 0 Å². The fourth-order valence-electron chi connectivity index (χ4n) is 3.58. The Morgan fingerprint density at radius 3 is 1.44 bits per heavy atom. The maximum absolute atomic E-state index is 9.61. The van der Waals surface area contributed by atoms with Gasteiger partial charge in [-0.15, -0.1) is 0 Å². The summed E-state index contributed by atoms with van der Waals surface area (Å²) >= 11 is 3.71. The number of rotatable bonds is 8. The molecule has 32 heavy (non-hydrogen) atoms. The Kier molecular flexibility index (Phi) is 7.97. The monoisotopic (exact) mass is 585 g/mol. The van der Waals surface area contributed by atoms with E-state index < -0.39 is 11.8 Å². The molecule has 4 aromatic rings. The number of nitrogens with zero attached hydrogens (tertiary/aromatic N) is 1. The van der Waals surface area contributed by atoms with Crippen LogP contribution in [0.15, 0.2) is 121 Å². The zero-order chi connectivity index (χ0) is 22.3. The Morgan fingerprint density at radius 1 is 0.688 bits per heavy atom. The van der Waals surface area contributed by atoms with Crippen molar-refractivity contribution in [3.05, 3.63) is 121 Å². The Hall–Kier alpha value is -1.77. The van der Waals surface area contributed by atoms with Crippen molar-refractivity contribution >= 4 is 62.6 Å². The normalized spacial score (nSPS) is 11.6. The SMILES string of the molecule is N#CC[Se][P+](NP(=[Se])(c1ccccc1)c1ccccc1)(c1ccccc1)c1ccccc1. The molecular formula is C26H23N2P2Se2+. The van der Waals surface area contributed by atoms with E-state index >= 15 is 0 Å². The van der Waals surface area contributed by atoms with Gasteiger partial charge in [-0.1, -0.05) is 0 Å². The first-order chi connectivity index (χ1) is 15.7. The summed E-state index contributed by atoms with van der Waals surface area (Å²) in [7, 11) is 0. The van der Waals surface area contributed by atoms with E-state index in [4.69, 9.17) is 0 Å². The van der Waals surface area contributed by atoms with Crippen LogP contribution in [0.4, 0.5) is 0 Å². The summed E-state index contributed by atoms with van der Waals surface area (Å²) in [6.45, 7) is 0. The number of benzene rings is 4. The number of hydrogen-bond donors (Lipinski definition) is 1. The molecule has 0 saturated heterocycles. The van der Waals surface area contributed by atoms with E-state index in [1.54, 1.807) is 0 Å². The Bertz CT molecular complexity index is 1150. The Balaban J connectivity index is 1.98. The summed E-state index contributed by atoms with van der Waals surface area (Å²) in [5, 5.41) is 15.3. The molecular weight excluding hydrogens is 560 g/mol. The molecule has 0 aliphatic heterocycles. The van der Waals surface area contributed by atoms with Gasteiger partial charge in [0.25, 0.3) is 0 Å². The van der Waals surface area contributed by atoms with Gasteiger partial charge in [0, 0.05) is 0 Å². The van der Waals surface area contributed by atoms with E-state index in [2.05, 4.69) is 147 Å². The van der Waals surface area contributed by atoms with Crippen LogP contribution in [0.2, 0.25) is 5.32 Å². The molecule has 6 heteroatoms. The first-order valence-corrected chi connectivity index (χ1v) is 19.4. The fraction of sp³-hybridized carbons (Fsp3) is 0.0385. The molecule has 2 nitrogen and oxygen atoms in total. The van der Waals surface area contributed by atoms with Gasteiger partial charge in [-0.25, -0.2) is 0 Å². The first-order valence-electron chi connectivity index (χ1n) is 10.2. The third-order valence-electron chi connectivity index (χ3n) is 5.08. The number of nitrogens with one attached hydrogen (secondary N) is 1. The summed E-state index contributed by atoms with van der Waals surface area (Å²) in [5.74, 6) is 0. The van der Waals surface area contributed by atoms with Crippen molar-refractivity contribution in [3.63, 3.8) is 0 Å². The zero-order valence-electron chi connectivity index (χ0n) is 17.4. The molecule has 0 aromatic heterocycles. The van der Waals surface area contributed by atoms with Crippen LogP contribution in [0.25, 0.3) is 0 Å². The number of hydrogen-bond acceptors (Lipinski definition) is 2. The van der Waals surface area contributed by atoms with Crippen LogP contribution in [-0.2, 0) is 0 Å². The molecule has 0 fully saturated rings. The van der Waals surface area contributed by atoms with Crippen LogP contribution in [0, 0.1) is 11.3 Å². The molecule has 0 aliphatic rings. The zero-order valence-corrected chi connectivity index (χ0v) is 22.6. The third kappa shape index (κ3) is 4.92.